The predicted octanol–water partition coefficient (Wildman–Crippen LogP) is 23.8. The molecule has 0 saturated heterocycles. The lowest BCUT2D eigenvalue weighted by Crippen LogP contribution is -2.18. The summed E-state index contributed by atoms with van der Waals surface area (Å²) in [6.07, 6.45) is 0. The van der Waals surface area contributed by atoms with Gasteiger partial charge in [-0.3, -0.25) is 0 Å². The maximum Gasteiger partial charge on any atom is 0.233 e. The van der Waals surface area contributed by atoms with Gasteiger partial charge in [-0.05, 0) is 333 Å². The number of nitrogens with zero attached hydrogens (tertiary/aromatic N) is 15. The van der Waals surface area contributed by atoms with Crippen LogP contribution in [0.2, 0.25) is 21.1 Å². The van der Waals surface area contributed by atoms with Crippen molar-refractivity contribution in [1.29, 1.82) is 0 Å². The highest BCUT2D eigenvalue weighted by molar-refractivity contribution is 6.33. The fourth-order valence-corrected chi connectivity index (χ4v) is 16.5. The molecule has 5 heterocycles. The van der Waals surface area contributed by atoms with Crippen LogP contribution in [0.5, 0.6) is 0 Å². The van der Waals surface area contributed by atoms with Crippen molar-refractivity contribution >= 4 is 163 Å². The summed E-state index contributed by atoms with van der Waals surface area (Å²) >= 11 is 22.1. The first kappa shape index (κ1) is 101. The van der Waals surface area contributed by atoms with Crippen LogP contribution in [0.15, 0.2) is 109 Å². The van der Waals surface area contributed by atoms with Gasteiger partial charge in [0.25, 0.3) is 0 Å². The quantitative estimate of drug-likeness (QED) is 0.0249. The highest BCUT2D eigenvalue weighted by Gasteiger charge is 2.20. The Morgan fingerprint density at radius 3 is 0.489 bits per heavy atom. The molecular formula is C98H121Cl4N29. The van der Waals surface area contributed by atoms with Gasteiger partial charge in [0.15, 0.2) is 0 Å². The third kappa shape index (κ3) is 29.4. The van der Waals surface area contributed by atoms with Crippen LogP contribution < -0.4 is 76.1 Å². The highest BCUT2D eigenvalue weighted by atomic mass is 35.5. The number of aromatic nitrogens is 15. The van der Waals surface area contributed by atoms with Crippen molar-refractivity contribution < 1.29 is 0 Å². The van der Waals surface area contributed by atoms with Gasteiger partial charge in [0, 0.05) is 57.9 Å². The van der Waals surface area contributed by atoms with Gasteiger partial charge >= 0.3 is 0 Å². The van der Waals surface area contributed by atoms with Gasteiger partial charge in [-0.2, -0.15) is 74.8 Å². The first-order chi connectivity index (χ1) is 61.8. The molecule has 0 aliphatic rings. The van der Waals surface area contributed by atoms with Crippen molar-refractivity contribution in [3.63, 3.8) is 0 Å². The summed E-state index contributed by atoms with van der Waals surface area (Å²) in [7, 11) is 0. The van der Waals surface area contributed by atoms with Crippen LogP contribution in [0, 0.1) is 187 Å². The minimum absolute atomic E-state index is 0.000000000000000444. The average Bonchev–Trinajstić information content (AvgIpc) is 0.865. The van der Waals surface area contributed by atoms with Crippen LogP contribution in [-0.4, -0.2) is 88.1 Å². The maximum atomic E-state index is 6.15. The molecule has 33 heteroatoms. The zero-order chi connectivity index (χ0) is 96.3. The molecule has 29 nitrogen and oxygen atoms in total. The normalized spacial score (nSPS) is 10.6. The number of halogens is 4. The number of anilines is 20. The van der Waals surface area contributed by atoms with Crippen LogP contribution in [-0.2, 0) is 0 Å². The zero-order valence-electron chi connectivity index (χ0n) is 79.8. The molecule has 0 aliphatic carbocycles. The van der Waals surface area contributed by atoms with Crippen molar-refractivity contribution in [1.82, 2.24) is 74.8 Å². The van der Waals surface area contributed by atoms with Crippen LogP contribution in [0.25, 0.3) is 0 Å². The van der Waals surface area contributed by atoms with E-state index < -0.39 is 0 Å². The van der Waals surface area contributed by atoms with Crippen molar-refractivity contribution in [2.24, 2.45) is 11.5 Å². The second-order valence-corrected chi connectivity index (χ2v) is 34.5. The Labute approximate surface area is 789 Å². The first-order valence-electron chi connectivity index (χ1n) is 42.5. The van der Waals surface area contributed by atoms with E-state index in [1.54, 1.807) is 0 Å². The molecule has 0 unspecified atom stereocenters. The Hall–Kier alpha value is -13.3. The van der Waals surface area contributed by atoms with E-state index in [2.05, 4.69) is 392 Å². The molecule has 131 heavy (non-hydrogen) atoms. The summed E-state index contributed by atoms with van der Waals surface area (Å²) in [5, 5.41) is 33.7. The second kappa shape index (κ2) is 45.8. The fraction of sp³-hybridized carbons (Fsp3) is 0.296. The molecule has 5 aromatic heterocycles. The number of hydrogen-bond donors (Lipinski definition) is 14. The van der Waals surface area contributed by atoms with E-state index in [1.165, 1.54) is 61.2 Å². The number of hydrogen-bond acceptors (Lipinski definition) is 29. The Morgan fingerprint density at radius 1 is 0.191 bits per heavy atom. The van der Waals surface area contributed by atoms with Crippen LogP contribution in [0.3, 0.4) is 0 Å². The summed E-state index contributed by atoms with van der Waals surface area (Å²) in [5.74, 6) is 4.17. The molecule has 14 aromatic rings. The number of aryl methyl sites for hydroxylation is 27. The molecule has 18 N–H and O–H groups in total. The highest BCUT2D eigenvalue weighted by Crippen LogP contribution is 2.35. The Bertz CT molecular complexity index is 5580. The summed E-state index contributed by atoms with van der Waals surface area (Å²) < 4.78 is 0. The fourth-order valence-electron chi connectivity index (χ4n) is 15.7. The first-order valence-corrected chi connectivity index (χ1v) is 44.0. The molecule has 0 radical (unpaired) electrons. The minimum atomic E-state index is 0.000000000000000444. The summed E-state index contributed by atoms with van der Waals surface area (Å²) in [4.78, 5) is 64.9. The van der Waals surface area contributed by atoms with E-state index >= 15 is 0 Å². The van der Waals surface area contributed by atoms with Crippen LogP contribution in [0.1, 0.15) is 150 Å². The maximum absolute atomic E-state index is 6.15. The molecule has 0 saturated carbocycles. The van der Waals surface area contributed by atoms with Crippen LogP contribution in [0.4, 0.5) is 117 Å². The number of nitrogens with two attached hydrogens (primary N) is 4. The van der Waals surface area contributed by atoms with E-state index in [0.717, 1.165) is 140 Å². The molecule has 686 valence electrons. The lowest BCUT2D eigenvalue weighted by molar-refractivity contribution is 0.999. The zero-order valence-corrected chi connectivity index (χ0v) is 82.9. The van der Waals surface area contributed by atoms with Crippen molar-refractivity contribution in [3.05, 3.63) is 281 Å². The summed E-state index contributed by atoms with van der Waals surface area (Å²) in [5.41, 5.74) is 60.8. The topological polar surface area (TPSA) is 418 Å². The van der Waals surface area contributed by atoms with E-state index in [4.69, 9.17) is 87.8 Å². The minimum Gasteiger partial charge on any atom is -0.398 e. The van der Waals surface area contributed by atoms with Gasteiger partial charge < -0.3 is 76.1 Å². The number of rotatable bonds is 20. The molecule has 0 spiro atoms. The van der Waals surface area contributed by atoms with Crippen LogP contribution >= 0.6 is 46.4 Å². The number of nitrogens with one attached hydrogen (secondary N) is 10. The molecule has 0 aliphatic heterocycles. The van der Waals surface area contributed by atoms with Crippen molar-refractivity contribution in [2.75, 3.05) is 78.0 Å². The Kier molecular flexibility index (Phi) is 35.5. The monoisotopic (exact) mass is 1840 g/mol. The van der Waals surface area contributed by atoms with Gasteiger partial charge in [0.05, 0.1) is 6.67 Å². The lowest BCUT2D eigenvalue weighted by atomic mass is 10.1. The second-order valence-electron chi connectivity index (χ2n) is 33.1. The standard InChI is InChI=1S/C43H52N12.C21H24ClN5.C21H26N6.C9H13N.C3Cl3N3.CH6N2/c1-22-13-26(5)34(27(6)14-22)46-40-50-38(51-41(54-40)47-35-28(7)15-23(2)16-29(35)8)44-21-45-39-52-42(48-36-30(9)17-24(3)18-31(36)10)55-43(53-39)49-37-32(11)19-25(4)20-33(37)12;2*1-11-7-13(3)17(14(4)8-11)23-20-25-19(22)26-21(27-20)24-18-15(5)9-12(2)10-16(18)6;1-6-4-7(2)9(10)8(3)5-6;4-1-7-2(5)9-3(6)8-1;2-1-3/h13-20H,21H2,1-12H3,(H3,44,46,47,50,51,54)(H3,45,48,49,52,53,55);7-10H,1-6H3,(H2,23,24,25,26,27);7-10H,1-6H3,(H4,22,23,24,25,26,27);4-5H,10H2,1-3H3;;1-3H2. The molecule has 0 amide bonds. The average molecular weight is 1850 g/mol. The molecular weight excluding hydrogens is 1730 g/mol. The Balaban J connectivity index is 0.000000211. The van der Waals surface area contributed by atoms with E-state index in [0.29, 0.717) is 59.5 Å². The predicted molar refractivity (Wildman–Crippen MR) is 545 cm³/mol. The van der Waals surface area contributed by atoms with Crippen molar-refractivity contribution in [2.45, 2.75) is 187 Å². The molecule has 9 aromatic carbocycles. The third-order valence-electron chi connectivity index (χ3n) is 20.6. The lowest BCUT2D eigenvalue weighted by Gasteiger charge is -2.17. The molecule has 0 bridgehead atoms. The van der Waals surface area contributed by atoms with Gasteiger partial charge in [-0.15, -0.1) is 0 Å². The van der Waals surface area contributed by atoms with Gasteiger partial charge in [-0.25, -0.2) is 0 Å². The molecule has 0 fully saturated rings. The van der Waals surface area contributed by atoms with Gasteiger partial charge in [0.1, 0.15) is 0 Å². The van der Waals surface area contributed by atoms with Gasteiger partial charge in [0.2, 0.25) is 86.6 Å². The Morgan fingerprint density at radius 2 is 0.321 bits per heavy atom. The van der Waals surface area contributed by atoms with E-state index in [-0.39, 0.29) is 40.4 Å². The van der Waals surface area contributed by atoms with Crippen molar-refractivity contribution in [3.8, 4) is 0 Å². The van der Waals surface area contributed by atoms with E-state index in [1.807, 2.05) is 13.8 Å². The molecule has 0 atom stereocenters. The SMILES string of the molecule is Cc1cc(C)c(N)c(C)c1.Cc1cc(C)c(Nc2nc(Cl)nc(Nc3c(C)cc(C)cc3C)n2)c(C)c1.Cc1cc(C)c(Nc2nc(N)nc(Nc3c(C)cc(C)cc3C)n2)c(C)c1.Cc1cc(C)c(Nc2nc(NCNc3nc(Nc4c(C)cc(C)cc4C)nc(Nc4c(C)cc(C)cc4C)n3)nc(Nc3c(C)cc(C)cc3C)n2)c(C)c1.Clc1nc(Cl)nc(Cl)n1.NCN. The number of benzene rings is 9. The third-order valence-corrected chi connectivity index (χ3v) is 21.3. The smallest absolute Gasteiger partial charge is 0.233 e. The van der Waals surface area contributed by atoms with Gasteiger partial charge in [-0.1, -0.05) is 159 Å². The summed E-state index contributed by atoms with van der Waals surface area (Å²) in [6.45, 7) is 56.4. The number of nitrogen functional groups attached to an aromatic ring is 2. The summed E-state index contributed by atoms with van der Waals surface area (Å²) in [6, 6.07) is 38.3. The molecule has 14 rings (SSSR count). The largest absolute Gasteiger partial charge is 0.398 e. The van der Waals surface area contributed by atoms with E-state index in [9.17, 15) is 0 Å².